The second-order valence-electron chi connectivity index (χ2n) is 9.09. The van der Waals surface area contributed by atoms with Gasteiger partial charge in [0.2, 0.25) is 0 Å². The zero-order valence-corrected chi connectivity index (χ0v) is 20.3. The Balaban J connectivity index is 0.000000312. The predicted octanol–water partition coefficient (Wildman–Crippen LogP) is 2.97. The van der Waals surface area contributed by atoms with Crippen molar-refractivity contribution in [2.24, 2.45) is 0 Å². The van der Waals surface area contributed by atoms with Gasteiger partial charge >= 0.3 is 0 Å². The molecule has 0 unspecified atom stereocenters. The Labute approximate surface area is 191 Å². The molecule has 1 atom stereocenters. The summed E-state index contributed by atoms with van der Waals surface area (Å²) in [5.74, 6) is 0. The molecular formula is C22H32BN6O2Si. The molecule has 0 amide bonds. The van der Waals surface area contributed by atoms with Crippen molar-refractivity contribution in [2.75, 3.05) is 31.7 Å². The molecule has 32 heavy (non-hydrogen) atoms. The average Bonchev–Trinajstić information content (AvgIpc) is 3.44. The second kappa shape index (κ2) is 11.3. The third-order valence-corrected chi connectivity index (χ3v) is 7.11. The molecule has 0 bridgehead atoms. The standard InChI is InChI=1S/C16H16BN6O.C6H16OSi/c24-9-17-22-12-2-4-23(8-12)14-1-3-20-16-15(14)13(7-21-16)11-5-18-10-19-6-11;1-7-5-6-8(2,3)4/h1,3,5-7,9-10,12,22H,2,4,8H2,(H,20,21);5-6H2,1-4H3/t12-;/m0./s1. The van der Waals surface area contributed by atoms with E-state index >= 15 is 0 Å². The predicted molar refractivity (Wildman–Crippen MR) is 133 cm³/mol. The Hall–Kier alpha value is -2.56. The number of carbonyl (C=O) groups is 1. The van der Waals surface area contributed by atoms with Crippen molar-refractivity contribution in [3.05, 3.63) is 37.2 Å². The van der Waals surface area contributed by atoms with Crippen molar-refractivity contribution in [1.82, 2.24) is 25.2 Å². The number of nitrogens with zero attached hydrogens (tertiary/aromatic N) is 4. The van der Waals surface area contributed by atoms with E-state index in [0.29, 0.717) is 0 Å². The van der Waals surface area contributed by atoms with Crippen LogP contribution < -0.4 is 10.1 Å². The van der Waals surface area contributed by atoms with Gasteiger partial charge in [0.1, 0.15) is 12.0 Å². The summed E-state index contributed by atoms with van der Waals surface area (Å²) in [6.45, 7) is 9.78. The van der Waals surface area contributed by atoms with Gasteiger partial charge in [0, 0.05) is 82.5 Å². The van der Waals surface area contributed by atoms with E-state index in [1.54, 1.807) is 19.5 Å². The quantitative estimate of drug-likeness (QED) is 0.402. The fourth-order valence-corrected chi connectivity index (χ4v) is 4.48. The summed E-state index contributed by atoms with van der Waals surface area (Å²) in [4.78, 5) is 28.7. The van der Waals surface area contributed by atoms with E-state index < -0.39 is 8.07 Å². The number of aromatic nitrogens is 4. The molecule has 1 saturated heterocycles. The summed E-state index contributed by atoms with van der Waals surface area (Å²) in [5, 5.41) is 4.22. The van der Waals surface area contributed by atoms with Crippen LogP contribution in [-0.4, -0.2) is 74.5 Å². The minimum atomic E-state index is -0.803. The minimum Gasteiger partial charge on any atom is -0.385 e. The van der Waals surface area contributed by atoms with Gasteiger partial charge in [-0.2, -0.15) is 0 Å². The maximum atomic E-state index is 10.5. The van der Waals surface area contributed by atoms with Crippen LogP contribution in [0.4, 0.5) is 5.69 Å². The zero-order chi connectivity index (χ0) is 23.0. The zero-order valence-electron chi connectivity index (χ0n) is 19.3. The first-order chi connectivity index (χ1) is 15.4. The lowest BCUT2D eigenvalue weighted by atomic mass is 9.96. The van der Waals surface area contributed by atoms with E-state index in [9.17, 15) is 4.79 Å². The smallest absolute Gasteiger partial charge is 0.290 e. The van der Waals surface area contributed by atoms with Gasteiger partial charge in [-0.1, -0.05) is 19.6 Å². The van der Waals surface area contributed by atoms with Gasteiger partial charge in [0.05, 0.1) is 11.6 Å². The number of anilines is 1. The Bertz CT molecular complexity index is 995. The molecule has 4 rings (SSSR count). The van der Waals surface area contributed by atoms with Crippen LogP contribution in [-0.2, 0) is 9.53 Å². The summed E-state index contributed by atoms with van der Waals surface area (Å²) >= 11 is 0. The summed E-state index contributed by atoms with van der Waals surface area (Å²) in [7, 11) is 2.43. The van der Waals surface area contributed by atoms with Gasteiger partial charge in [-0.3, -0.25) is 0 Å². The molecule has 3 aromatic rings. The highest BCUT2D eigenvalue weighted by molar-refractivity contribution is 6.76. The molecule has 4 heterocycles. The van der Waals surface area contributed by atoms with Gasteiger partial charge in [-0.25, -0.2) is 15.0 Å². The van der Waals surface area contributed by atoms with Gasteiger partial charge in [-0.05, 0) is 18.5 Å². The van der Waals surface area contributed by atoms with Crippen molar-refractivity contribution in [1.29, 1.82) is 0 Å². The van der Waals surface area contributed by atoms with Crippen LogP contribution in [0.3, 0.4) is 0 Å². The first-order valence-corrected chi connectivity index (χ1v) is 14.6. The summed E-state index contributed by atoms with van der Waals surface area (Å²) in [5.41, 5.74) is 3.99. The Kier molecular flexibility index (Phi) is 8.54. The van der Waals surface area contributed by atoms with Gasteiger partial charge < -0.3 is 24.6 Å². The highest BCUT2D eigenvalue weighted by Crippen LogP contribution is 2.35. The number of hydrogen-bond donors (Lipinski definition) is 2. The molecule has 1 aliphatic rings. The number of pyridine rings is 1. The van der Waals surface area contributed by atoms with Crippen molar-refractivity contribution < 1.29 is 9.53 Å². The van der Waals surface area contributed by atoms with Crippen molar-refractivity contribution in [3.63, 3.8) is 0 Å². The van der Waals surface area contributed by atoms with Crippen molar-refractivity contribution in [3.8, 4) is 11.1 Å². The average molecular weight is 451 g/mol. The Morgan fingerprint density at radius 3 is 2.78 bits per heavy atom. The van der Waals surface area contributed by atoms with Crippen LogP contribution in [0.1, 0.15) is 6.42 Å². The van der Waals surface area contributed by atoms with Crippen LogP contribution in [0.15, 0.2) is 37.2 Å². The number of fused-ring (bicyclic) bond motifs is 1. The van der Waals surface area contributed by atoms with Crippen LogP contribution in [0.25, 0.3) is 22.2 Å². The number of carbonyl (C=O) groups excluding carboxylic acids is 1. The van der Waals surface area contributed by atoms with Crippen molar-refractivity contribution in [2.45, 2.75) is 38.1 Å². The number of rotatable bonds is 8. The monoisotopic (exact) mass is 451 g/mol. The second-order valence-corrected chi connectivity index (χ2v) is 14.7. The molecule has 0 aliphatic carbocycles. The molecule has 8 nitrogen and oxygen atoms in total. The Morgan fingerprint density at radius 2 is 2.12 bits per heavy atom. The number of methoxy groups -OCH3 is 1. The van der Waals surface area contributed by atoms with Gasteiger partial charge in [0.15, 0.2) is 0 Å². The normalized spacial score (nSPS) is 16.0. The lowest BCUT2D eigenvalue weighted by molar-refractivity contribution is 0.214. The molecule has 169 valence electrons. The van der Waals surface area contributed by atoms with E-state index in [-0.39, 0.29) is 6.04 Å². The number of aromatic amines is 1. The molecule has 1 radical (unpaired) electrons. The number of nitrogens with one attached hydrogen (secondary N) is 2. The minimum absolute atomic E-state index is 0.279. The fraction of sp³-hybridized carbons (Fsp3) is 0.455. The van der Waals surface area contributed by atoms with E-state index in [4.69, 9.17) is 4.74 Å². The van der Waals surface area contributed by atoms with Crippen LogP contribution in [0.5, 0.6) is 0 Å². The molecule has 3 aromatic heterocycles. The van der Waals surface area contributed by atoms with E-state index in [1.165, 1.54) is 19.8 Å². The van der Waals surface area contributed by atoms with Gasteiger partial charge in [0.25, 0.3) is 7.41 Å². The van der Waals surface area contributed by atoms with E-state index in [1.807, 2.05) is 18.5 Å². The topological polar surface area (TPSA) is 96.0 Å². The van der Waals surface area contributed by atoms with Gasteiger partial charge in [-0.15, -0.1) is 0 Å². The first-order valence-electron chi connectivity index (χ1n) is 10.9. The Morgan fingerprint density at radius 1 is 1.34 bits per heavy atom. The summed E-state index contributed by atoms with van der Waals surface area (Å²) < 4.78 is 4.95. The molecule has 0 spiro atoms. The SMILES string of the molecule is COCC[Si](C)(C)C.O=C[B]N[C@H]1CCN(c2ccnc3[nH]cc(-c4cncnc4)c23)C1. The first kappa shape index (κ1) is 24.1. The van der Waals surface area contributed by atoms with Crippen molar-refractivity contribution >= 4 is 38.4 Å². The third kappa shape index (κ3) is 6.47. The number of ether oxygens (including phenoxy) is 1. The maximum absolute atomic E-state index is 10.5. The summed E-state index contributed by atoms with van der Waals surface area (Å²) in [6, 6.07) is 3.60. The van der Waals surface area contributed by atoms with E-state index in [0.717, 1.165) is 60.2 Å². The van der Waals surface area contributed by atoms with Crippen LogP contribution >= 0.6 is 0 Å². The lowest BCUT2D eigenvalue weighted by Crippen LogP contribution is -2.35. The maximum Gasteiger partial charge on any atom is 0.290 e. The van der Waals surface area contributed by atoms with E-state index in [2.05, 4.69) is 49.7 Å². The molecule has 1 aliphatic heterocycles. The molecular weight excluding hydrogens is 419 g/mol. The molecule has 0 saturated carbocycles. The number of H-pyrrole nitrogens is 1. The molecule has 10 heteroatoms. The summed E-state index contributed by atoms with van der Waals surface area (Å²) in [6.07, 6.45) is 10.7. The largest absolute Gasteiger partial charge is 0.385 e. The fourth-order valence-electron chi connectivity index (χ4n) is 3.67. The highest BCUT2D eigenvalue weighted by Gasteiger charge is 2.25. The highest BCUT2D eigenvalue weighted by atomic mass is 28.3. The number of hydrogen-bond acceptors (Lipinski definition) is 7. The molecule has 2 N–H and O–H groups in total. The van der Waals surface area contributed by atoms with Crippen LogP contribution in [0, 0.1) is 0 Å². The third-order valence-electron chi connectivity index (χ3n) is 5.41. The molecule has 1 fully saturated rings. The molecule has 0 aromatic carbocycles. The lowest BCUT2D eigenvalue weighted by Gasteiger charge is -2.20. The van der Waals surface area contributed by atoms with Crippen LogP contribution in [0.2, 0.25) is 25.7 Å².